The summed E-state index contributed by atoms with van der Waals surface area (Å²) in [5.41, 5.74) is 43.7. The van der Waals surface area contributed by atoms with Crippen molar-refractivity contribution in [2.75, 3.05) is 29.4 Å². The van der Waals surface area contributed by atoms with Crippen molar-refractivity contribution < 1.29 is 0 Å². The molecule has 0 atom stereocenters. The monoisotopic (exact) mass is 1630 g/mol. The second-order valence-corrected chi connectivity index (χ2v) is 34.6. The van der Waals surface area contributed by atoms with Crippen molar-refractivity contribution >= 4 is 192 Å². The van der Waals surface area contributed by atoms with E-state index in [-0.39, 0.29) is 13.4 Å². The van der Waals surface area contributed by atoms with Crippen LogP contribution >= 0.6 is 0 Å². The maximum absolute atomic E-state index is 2.58. The fraction of sp³-hybridized carbons (Fsp3) is 0.0339. The van der Waals surface area contributed by atoms with Gasteiger partial charge in [0.05, 0.1) is 27.8 Å². The first-order chi connectivity index (χ1) is 63.2. The number of anilines is 18. The zero-order valence-corrected chi connectivity index (χ0v) is 71.3. The van der Waals surface area contributed by atoms with Gasteiger partial charge in [-0.1, -0.05) is 265 Å². The van der Waals surface area contributed by atoms with E-state index in [0.717, 1.165) is 135 Å². The van der Waals surface area contributed by atoms with Gasteiger partial charge >= 0.3 is 0 Å². The van der Waals surface area contributed by atoms with Gasteiger partial charge in [-0.05, 0) is 277 Å². The summed E-state index contributed by atoms with van der Waals surface area (Å²) in [4.78, 5) is 15.1. The predicted molar refractivity (Wildman–Crippen MR) is 542 cm³/mol. The van der Waals surface area contributed by atoms with Crippen molar-refractivity contribution in [3.8, 4) is 33.6 Å². The van der Waals surface area contributed by atoms with Crippen LogP contribution in [0.2, 0.25) is 0 Å². The summed E-state index contributed by atoms with van der Waals surface area (Å²) < 4.78 is 4.93. The molecular weight excluding hydrogens is 1550 g/mol. The molecule has 10 heteroatoms. The van der Waals surface area contributed by atoms with Crippen LogP contribution in [0.15, 0.2) is 437 Å². The van der Waals surface area contributed by atoms with Crippen LogP contribution < -0.4 is 62.2 Å². The average Bonchev–Trinajstić information content (AvgIpc) is 1.01. The molecule has 128 heavy (non-hydrogen) atoms. The van der Waals surface area contributed by atoms with Gasteiger partial charge in [0, 0.05) is 130 Å². The predicted octanol–water partition coefficient (Wildman–Crippen LogP) is 27.6. The van der Waals surface area contributed by atoms with Gasteiger partial charge in [0.1, 0.15) is 0 Å². The normalized spacial score (nSPS) is 12.8. The molecule has 19 aromatic carbocycles. The Balaban J connectivity index is 0.686. The van der Waals surface area contributed by atoms with Crippen molar-refractivity contribution in [3.05, 3.63) is 459 Å². The van der Waals surface area contributed by atoms with Crippen LogP contribution in [0.1, 0.15) is 22.3 Å². The Hall–Kier alpha value is -16.3. The first kappa shape index (κ1) is 74.3. The summed E-state index contributed by atoms with van der Waals surface area (Å²) in [5.74, 6) is 0. The Bertz CT molecular complexity index is 8010. The van der Waals surface area contributed by atoms with Crippen LogP contribution in [0, 0.1) is 27.7 Å². The molecule has 0 fully saturated rings. The van der Waals surface area contributed by atoms with Gasteiger partial charge in [0.2, 0.25) is 0 Å². The highest BCUT2D eigenvalue weighted by molar-refractivity contribution is 7.01. The highest BCUT2D eigenvalue weighted by atomic mass is 15.2. The fourth-order valence-corrected chi connectivity index (χ4v) is 21.5. The number of hydrogen-bond donors (Lipinski definition) is 0. The lowest BCUT2D eigenvalue weighted by molar-refractivity contribution is 1.17. The molecular formula is C118H84B2N8. The van der Waals surface area contributed by atoms with Crippen LogP contribution in [0.4, 0.5) is 102 Å². The largest absolute Gasteiger partial charge is 0.311 e. The quantitative estimate of drug-likeness (QED) is 0.101. The van der Waals surface area contributed by atoms with E-state index in [0.29, 0.717) is 0 Å². The Kier molecular flexibility index (Phi) is 17.3. The number of hydrogen-bond acceptors (Lipinski definition) is 6. The van der Waals surface area contributed by atoms with E-state index >= 15 is 0 Å². The lowest BCUT2D eigenvalue weighted by Crippen LogP contribution is -2.61. The van der Waals surface area contributed by atoms with Gasteiger partial charge in [0.15, 0.2) is 0 Å². The Morgan fingerprint density at radius 2 is 0.617 bits per heavy atom. The molecule has 8 nitrogen and oxygen atoms in total. The summed E-state index contributed by atoms with van der Waals surface area (Å²) in [6.07, 6.45) is 0. The van der Waals surface area contributed by atoms with Crippen LogP contribution in [0.5, 0.6) is 0 Å². The summed E-state index contributed by atoms with van der Waals surface area (Å²) in [7, 11) is 0. The van der Waals surface area contributed by atoms with Crippen LogP contribution in [0.3, 0.4) is 0 Å². The lowest BCUT2D eigenvalue weighted by Gasteiger charge is -2.44. The molecule has 0 radical (unpaired) electrons. The number of aromatic nitrogens is 2. The topological polar surface area (TPSA) is 29.3 Å². The smallest absolute Gasteiger partial charge is 0.252 e. The highest BCUT2D eigenvalue weighted by Gasteiger charge is 2.46. The van der Waals surface area contributed by atoms with Crippen molar-refractivity contribution in [3.63, 3.8) is 0 Å². The van der Waals surface area contributed by atoms with Crippen molar-refractivity contribution in [1.29, 1.82) is 0 Å². The fourth-order valence-electron chi connectivity index (χ4n) is 21.5. The Labute approximate surface area is 746 Å². The molecule has 0 saturated carbocycles. The lowest BCUT2D eigenvalue weighted by atomic mass is 9.33. The zero-order chi connectivity index (χ0) is 84.9. The minimum atomic E-state index is -0.109. The van der Waals surface area contributed by atoms with Crippen molar-refractivity contribution in [2.24, 2.45) is 0 Å². The van der Waals surface area contributed by atoms with E-state index < -0.39 is 0 Å². The Morgan fingerprint density at radius 3 is 1.20 bits per heavy atom. The third-order valence-corrected chi connectivity index (χ3v) is 27.0. The van der Waals surface area contributed by atoms with Crippen molar-refractivity contribution in [1.82, 2.24) is 9.13 Å². The summed E-state index contributed by atoms with van der Waals surface area (Å²) in [6, 6.07) is 164. The minimum absolute atomic E-state index is 0.0838. The molecule has 4 aliphatic heterocycles. The number of benzene rings is 19. The second-order valence-electron chi connectivity index (χ2n) is 34.6. The molecule has 0 bridgehead atoms. The van der Waals surface area contributed by atoms with E-state index in [9.17, 15) is 0 Å². The third-order valence-electron chi connectivity index (χ3n) is 27.0. The van der Waals surface area contributed by atoms with Crippen molar-refractivity contribution in [2.45, 2.75) is 27.7 Å². The molecule has 0 saturated heterocycles. The molecule has 2 aromatic heterocycles. The standard InChI is InChI=1S/C118H84B2N8/c1-77-49-57-88(58-50-77)124-105-68-53-79(3)71-101(105)119-99-67-64-94(76-113(99)126(110-46-25-44-108(124)116(110)119)90-61-55-82(56-62-90)81-27-10-5-11-28-81)122(85-32-14-7-15-33-85)112-48-24-41-97-115-95(40-23-43-107(115)128(118(97)112)87-36-18-9-19-37-87)83-29-22-38-91(73-83)127-111-47-26-45-109-117(111)120(102-72-80(4)54-69-106(102)125(109)89-59-51-78(2)52-60-89)100-66-63-93(75-114(100)127)121(84-30-12-6-13-31-84)92-65-70-104-98(74-92)96-39-20-21-42-103(96)123(104)86-34-16-8-17-35-86/h5-76H,1-4H3. The number of nitrogens with zero attached hydrogens (tertiary/aromatic N) is 8. The van der Waals surface area contributed by atoms with E-state index in [1.807, 2.05) is 0 Å². The van der Waals surface area contributed by atoms with E-state index in [1.54, 1.807) is 0 Å². The first-order valence-electron chi connectivity index (χ1n) is 44.4. The maximum atomic E-state index is 2.58. The van der Waals surface area contributed by atoms with Gasteiger partial charge in [0.25, 0.3) is 13.4 Å². The highest BCUT2D eigenvalue weighted by Crippen LogP contribution is 2.53. The number of fused-ring (bicyclic) bond motifs is 14. The molecule has 4 aliphatic rings. The second kappa shape index (κ2) is 29.7. The minimum Gasteiger partial charge on any atom is -0.311 e. The summed E-state index contributed by atoms with van der Waals surface area (Å²) in [5, 5.41) is 4.69. The van der Waals surface area contributed by atoms with E-state index in [1.165, 1.54) is 99.5 Å². The molecule has 6 heterocycles. The number of aryl methyl sites for hydroxylation is 4. The van der Waals surface area contributed by atoms with Gasteiger partial charge < -0.3 is 38.5 Å². The molecule has 21 aromatic rings. The number of rotatable bonds is 14. The van der Waals surface area contributed by atoms with Crippen LogP contribution in [-0.4, -0.2) is 22.6 Å². The average molecular weight is 1640 g/mol. The van der Waals surface area contributed by atoms with Gasteiger partial charge in [-0.2, -0.15) is 0 Å². The van der Waals surface area contributed by atoms with Crippen LogP contribution in [-0.2, 0) is 0 Å². The van der Waals surface area contributed by atoms with E-state index in [2.05, 4.69) is 503 Å². The molecule has 0 spiro atoms. The van der Waals surface area contributed by atoms with Crippen LogP contribution in [0.25, 0.3) is 77.2 Å². The molecule has 25 rings (SSSR count). The molecule has 0 amide bonds. The molecule has 0 unspecified atom stereocenters. The third kappa shape index (κ3) is 11.8. The summed E-state index contributed by atoms with van der Waals surface area (Å²) >= 11 is 0. The Morgan fingerprint density at radius 1 is 0.211 bits per heavy atom. The SMILES string of the molecule is Cc1ccc(N2c3ccc(C)cc3B3c4ccc(N(c5ccccc5)c5ccc6c(c5)c5ccccc5n6-c5ccccc5)cc4N(c4cccc(-c5cccc6c5c5cccc(N(c7ccccc7)c7ccc8c(c7)N(c7ccc(-c9ccccc9)cc7)c7cccc9c7B8c7cc(C)ccc7N9c7ccc(C)cc7)c5n6-c5ccccc5)c4)c4cccc2c43)cc1. The van der Waals surface area contributed by atoms with Gasteiger partial charge in [-0.3, -0.25) is 0 Å². The molecule has 0 aliphatic carbocycles. The number of para-hydroxylation sites is 6. The molecule has 602 valence electrons. The first-order valence-corrected chi connectivity index (χ1v) is 44.4. The summed E-state index contributed by atoms with van der Waals surface area (Å²) in [6.45, 7) is 8.63. The zero-order valence-electron chi connectivity index (χ0n) is 71.3. The van der Waals surface area contributed by atoms with Gasteiger partial charge in [-0.15, -0.1) is 0 Å². The molecule has 0 N–H and O–H groups in total. The van der Waals surface area contributed by atoms with Gasteiger partial charge in [-0.25, -0.2) is 0 Å². The van der Waals surface area contributed by atoms with E-state index in [4.69, 9.17) is 0 Å². The maximum Gasteiger partial charge on any atom is 0.252 e.